The molecule has 0 radical (unpaired) electrons. The first-order valence-electron chi connectivity index (χ1n) is 8.62. The molecule has 0 unspecified atom stereocenters. The van der Waals surface area contributed by atoms with E-state index in [2.05, 4.69) is 5.32 Å². The second-order valence-electron chi connectivity index (χ2n) is 6.17. The molecule has 6 heteroatoms. The van der Waals surface area contributed by atoms with Crippen LogP contribution in [-0.4, -0.2) is 31.6 Å². The molecule has 6 nitrogen and oxygen atoms in total. The fourth-order valence-corrected chi connectivity index (χ4v) is 2.74. The first-order valence-corrected chi connectivity index (χ1v) is 8.62. The topological polar surface area (TPSA) is 67.9 Å². The molecule has 2 aromatic carbocycles. The van der Waals surface area contributed by atoms with Gasteiger partial charge in [-0.15, -0.1) is 0 Å². The normalized spacial score (nSPS) is 15.9. The fraction of sp³-hybridized carbons (Fsp3) is 0.300. The number of ether oxygens (including phenoxy) is 2. The van der Waals surface area contributed by atoms with Crippen LogP contribution in [0.5, 0.6) is 11.5 Å². The van der Waals surface area contributed by atoms with Crippen LogP contribution in [0.25, 0.3) is 0 Å². The highest BCUT2D eigenvalue weighted by atomic mass is 16.5. The largest absolute Gasteiger partial charge is 0.494 e. The molecule has 2 amide bonds. The Bertz CT molecular complexity index is 834. The molecule has 1 aliphatic heterocycles. The summed E-state index contributed by atoms with van der Waals surface area (Å²) in [7, 11) is 1.69. The van der Waals surface area contributed by atoms with Gasteiger partial charge in [-0.3, -0.25) is 9.59 Å². The molecule has 0 spiro atoms. The number of rotatable bonds is 5. The Balaban J connectivity index is 1.77. The van der Waals surface area contributed by atoms with Gasteiger partial charge in [-0.05, 0) is 49.7 Å². The zero-order valence-electron chi connectivity index (χ0n) is 15.1. The number of anilines is 2. The molecule has 0 aromatic heterocycles. The summed E-state index contributed by atoms with van der Waals surface area (Å²) in [5.74, 6) is 0.915. The van der Waals surface area contributed by atoms with E-state index < -0.39 is 6.10 Å². The van der Waals surface area contributed by atoms with Crippen molar-refractivity contribution in [1.82, 2.24) is 0 Å². The van der Waals surface area contributed by atoms with Gasteiger partial charge in [0.15, 0.2) is 6.10 Å². The van der Waals surface area contributed by atoms with E-state index in [1.165, 1.54) is 0 Å². The van der Waals surface area contributed by atoms with Gasteiger partial charge in [0.1, 0.15) is 11.5 Å². The van der Waals surface area contributed by atoms with Gasteiger partial charge in [-0.2, -0.15) is 0 Å². The van der Waals surface area contributed by atoms with E-state index in [4.69, 9.17) is 9.47 Å². The zero-order chi connectivity index (χ0) is 18.7. The lowest BCUT2D eigenvalue weighted by atomic mass is 10.1. The number of carbonyl (C=O) groups excluding carboxylic acids is 2. The smallest absolute Gasteiger partial charge is 0.267 e. The lowest BCUT2D eigenvalue weighted by molar-refractivity contribution is -0.125. The van der Waals surface area contributed by atoms with Crippen molar-refractivity contribution >= 4 is 23.2 Å². The molecular formula is C20H22N2O4. The van der Waals surface area contributed by atoms with Crippen LogP contribution < -0.4 is 19.7 Å². The van der Waals surface area contributed by atoms with Crippen molar-refractivity contribution in [2.24, 2.45) is 0 Å². The SMILES string of the molecule is CCCOc1cccc(C(=O)Nc2ccc3c(c2)N(C)C(=O)[C@H](C)O3)c1. The highest BCUT2D eigenvalue weighted by Crippen LogP contribution is 2.35. The fourth-order valence-electron chi connectivity index (χ4n) is 2.74. The van der Waals surface area contributed by atoms with Crippen LogP contribution in [0.3, 0.4) is 0 Å². The number of likely N-dealkylation sites (N-methyl/N-ethyl adjacent to an activating group) is 1. The Morgan fingerprint density at radius 3 is 2.85 bits per heavy atom. The molecule has 26 heavy (non-hydrogen) atoms. The average Bonchev–Trinajstić information content (AvgIpc) is 2.65. The molecule has 1 heterocycles. The third-order valence-corrected chi connectivity index (χ3v) is 4.13. The number of nitrogens with one attached hydrogen (secondary N) is 1. The summed E-state index contributed by atoms with van der Waals surface area (Å²) in [5, 5.41) is 2.85. The van der Waals surface area contributed by atoms with Gasteiger partial charge < -0.3 is 19.7 Å². The molecule has 1 aliphatic rings. The third-order valence-electron chi connectivity index (χ3n) is 4.13. The van der Waals surface area contributed by atoms with Crippen LogP contribution in [0, 0.1) is 0 Å². The Kier molecular flexibility index (Phi) is 5.11. The molecule has 0 saturated heterocycles. The Morgan fingerprint density at radius 2 is 2.08 bits per heavy atom. The quantitative estimate of drug-likeness (QED) is 0.893. The zero-order valence-corrected chi connectivity index (χ0v) is 15.1. The molecule has 3 rings (SSSR count). The van der Waals surface area contributed by atoms with Crippen LogP contribution in [0.1, 0.15) is 30.6 Å². The summed E-state index contributed by atoms with van der Waals surface area (Å²) in [6, 6.07) is 12.3. The molecule has 0 bridgehead atoms. The predicted molar refractivity (Wildman–Crippen MR) is 100 cm³/mol. The molecule has 1 N–H and O–H groups in total. The van der Waals surface area contributed by atoms with Crippen LogP contribution >= 0.6 is 0 Å². The van der Waals surface area contributed by atoms with Crippen molar-refractivity contribution in [1.29, 1.82) is 0 Å². The summed E-state index contributed by atoms with van der Waals surface area (Å²) < 4.78 is 11.2. The molecule has 1 atom stereocenters. The van der Waals surface area contributed by atoms with Crippen LogP contribution in [-0.2, 0) is 4.79 Å². The van der Waals surface area contributed by atoms with E-state index in [1.54, 1.807) is 55.3 Å². The van der Waals surface area contributed by atoms with E-state index in [-0.39, 0.29) is 11.8 Å². The summed E-state index contributed by atoms with van der Waals surface area (Å²) >= 11 is 0. The summed E-state index contributed by atoms with van der Waals surface area (Å²) in [6.07, 6.45) is 0.386. The van der Waals surface area contributed by atoms with Crippen LogP contribution in [0.15, 0.2) is 42.5 Å². The molecular weight excluding hydrogens is 332 g/mol. The van der Waals surface area contributed by atoms with E-state index in [1.807, 2.05) is 13.0 Å². The summed E-state index contributed by atoms with van der Waals surface area (Å²) in [4.78, 5) is 26.1. The number of amides is 2. The van der Waals surface area contributed by atoms with Crippen molar-refractivity contribution in [3.63, 3.8) is 0 Å². The minimum Gasteiger partial charge on any atom is -0.494 e. The standard InChI is InChI=1S/C20H22N2O4/c1-4-10-25-16-7-5-6-14(11-16)19(23)21-15-8-9-18-17(12-15)22(3)20(24)13(2)26-18/h5-9,11-13H,4,10H2,1-3H3,(H,21,23)/t13-/m0/s1. The van der Waals surface area contributed by atoms with Crippen molar-refractivity contribution in [3.05, 3.63) is 48.0 Å². The lowest BCUT2D eigenvalue weighted by Gasteiger charge is -2.30. The van der Waals surface area contributed by atoms with Gasteiger partial charge in [-0.1, -0.05) is 13.0 Å². The Hall–Kier alpha value is -3.02. The summed E-state index contributed by atoms with van der Waals surface area (Å²) in [6.45, 7) is 4.35. The molecule has 0 saturated carbocycles. The number of nitrogens with zero attached hydrogens (tertiary/aromatic N) is 1. The minimum absolute atomic E-state index is 0.123. The van der Waals surface area contributed by atoms with Crippen LogP contribution in [0.2, 0.25) is 0 Å². The van der Waals surface area contributed by atoms with Crippen molar-refractivity contribution in [2.45, 2.75) is 26.4 Å². The average molecular weight is 354 g/mol. The van der Waals surface area contributed by atoms with Gasteiger partial charge in [0, 0.05) is 18.3 Å². The Morgan fingerprint density at radius 1 is 1.27 bits per heavy atom. The molecule has 2 aromatic rings. The predicted octanol–water partition coefficient (Wildman–Crippen LogP) is 3.47. The van der Waals surface area contributed by atoms with Gasteiger partial charge in [0.2, 0.25) is 0 Å². The first kappa shape index (κ1) is 17.8. The van der Waals surface area contributed by atoms with Crippen molar-refractivity contribution in [3.8, 4) is 11.5 Å². The van der Waals surface area contributed by atoms with Gasteiger partial charge in [-0.25, -0.2) is 0 Å². The van der Waals surface area contributed by atoms with E-state index in [0.29, 0.717) is 35.0 Å². The van der Waals surface area contributed by atoms with Gasteiger partial charge in [0.25, 0.3) is 11.8 Å². The first-order chi connectivity index (χ1) is 12.5. The summed E-state index contributed by atoms with van der Waals surface area (Å²) in [5.41, 5.74) is 1.72. The van der Waals surface area contributed by atoms with E-state index >= 15 is 0 Å². The highest BCUT2D eigenvalue weighted by Gasteiger charge is 2.29. The van der Waals surface area contributed by atoms with Crippen molar-refractivity contribution in [2.75, 3.05) is 23.9 Å². The maximum atomic E-state index is 12.5. The maximum absolute atomic E-state index is 12.5. The second kappa shape index (κ2) is 7.47. The number of hydrogen-bond acceptors (Lipinski definition) is 4. The monoisotopic (exact) mass is 354 g/mol. The Labute approximate surface area is 152 Å². The minimum atomic E-state index is -0.515. The highest BCUT2D eigenvalue weighted by molar-refractivity contribution is 6.05. The number of carbonyl (C=O) groups is 2. The van der Waals surface area contributed by atoms with Crippen molar-refractivity contribution < 1.29 is 19.1 Å². The number of benzene rings is 2. The van der Waals surface area contributed by atoms with Gasteiger partial charge >= 0.3 is 0 Å². The van der Waals surface area contributed by atoms with Gasteiger partial charge in [0.05, 0.1) is 12.3 Å². The van der Waals surface area contributed by atoms with E-state index in [0.717, 1.165) is 6.42 Å². The maximum Gasteiger partial charge on any atom is 0.267 e. The number of hydrogen-bond donors (Lipinski definition) is 1. The molecule has 136 valence electrons. The number of fused-ring (bicyclic) bond motifs is 1. The lowest BCUT2D eigenvalue weighted by Crippen LogP contribution is -2.41. The molecule has 0 aliphatic carbocycles. The third kappa shape index (κ3) is 3.64. The second-order valence-corrected chi connectivity index (χ2v) is 6.17. The van der Waals surface area contributed by atoms with E-state index in [9.17, 15) is 9.59 Å². The van der Waals surface area contributed by atoms with Crippen LogP contribution in [0.4, 0.5) is 11.4 Å². The molecule has 0 fully saturated rings.